The smallest absolute Gasteiger partial charge is 0.349 e. The van der Waals surface area contributed by atoms with E-state index in [2.05, 4.69) is 26.7 Å². The van der Waals surface area contributed by atoms with Crippen molar-refractivity contribution in [2.24, 2.45) is 15.1 Å². The van der Waals surface area contributed by atoms with Gasteiger partial charge in [-0.05, 0) is 19.2 Å². The molecule has 0 saturated heterocycles. The lowest BCUT2D eigenvalue weighted by molar-refractivity contribution is -0.129. The van der Waals surface area contributed by atoms with E-state index in [9.17, 15) is 4.79 Å². The van der Waals surface area contributed by atoms with Gasteiger partial charge in [0, 0.05) is 11.1 Å². The summed E-state index contributed by atoms with van der Waals surface area (Å²) in [5.41, 5.74) is 8.25. The first-order valence-electron chi connectivity index (χ1n) is 3.56. The molecule has 7 nitrogen and oxygen atoms in total. The standard InChI is InChI=1S/C7H9N5O2/c1-5(7(13)14)10-3-6(9-2)4-11-12-8/h3H,2,4H2,1H3,(H,13,14)/b6-3-,10-5+. The Bertz CT molecular complexity index is 338. The van der Waals surface area contributed by atoms with Crippen LogP contribution in [-0.2, 0) is 4.79 Å². The summed E-state index contributed by atoms with van der Waals surface area (Å²) in [6, 6.07) is 0. The fourth-order valence-corrected chi connectivity index (χ4v) is 0.462. The van der Waals surface area contributed by atoms with E-state index in [1.54, 1.807) is 0 Å². The molecule has 0 atom stereocenters. The molecule has 0 aliphatic heterocycles. The maximum absolute atomic E-state index is 10.3. The van der Waals surface area contributed by atoms with E-state index in [0.29, 0.717) is 5.70 Å². The fourth-order valence-electron chi connectivity index (χ4n) is 0.462. The van der Waals surface area contributed by atoms with Gasteiger partial charge >= 0.3 is 5.97 Å². The predicted molar refractivity (Wildman–Crippen MR) is 52.4 cm³/mol. The minimum absolute atomic E-state index is 0.00357. The van der Waals surface area contributed by atoms with Crippen molar-refractivity contribution in [2.75, 3.05) is 6.54 Å². The number of carboxylic acid groups (broad SMARTS) is 1. The van der Waals surface area contributed by atoms with Crippen molar-refractivity contribution in [3.8, 4) is 0 Å². The van der Waals surface area contributed by atoms with Gasteiger partial charge in [-0.25, -0.2) is 4.79 Å². The van der Waals surface area contributed by atoms with Crippen LogP contribution >= 0.6 is 0 Å². The SMILES string of the molecule is C=N/C(=C\N=C(/C)C(=O)O)CN=[N+]=[N-]. The Kier molecular flexibility index (Phi) is 5.41. The average Bonchev–Trinajstić information content (AvgIpc) is 2.17. The third-order valence-corrected chi connectivity index (χ3v) is 1.22. The molecule has 0 aliphatic carbocycles. The van der Waals surface area contributed by atoms with Crippen LogP contribution in [0, 0.1) is 0 Å². The minimum Gasteiger partial charge on any atom is -0.477 e. The van der Waals surface area contributed by atoms with Crippen molar-refractivity contribution < 1.29 is 9.90 Å². The molecule has 1 N–H and O–H groups in total. The highest BCUT2D eigenvalue weighted by molar-refractivity contribution is 6.34. The van der Waals surface area contributed by atoms with Crippen LogP contribution in [-0.4, -0.2) is 30.0 Å². The molecule has 0 spiro atoms. The average molecular weight is 195 g/mol. The van der Waals surface area contributed by atoms with Gasteiger partial charge in [-0.1, -0.05) is 5.11 Å². The minimum atomic E-state index is -1.12. The summed E-state index contributed by atoms with van der Waals surface area (Å²) in [7, 11) is 0. The second-order valence-electron chi connectivity index (χ2n) is 2.19. The van der Waals surface area contributed by atoms with Gasteiger partial charge in [0.1, 0.15) is 5.71 Å². The fraction of sp³-hybridized carbons (Fsp3) is 0.286. The molecule has 0 amide bonds. The summed E-state index contributed by atoms with van der Waals surface area (Å²) in [5, 5.41) is 11.7. The van der Waals surface area contributed by atoms with E-state index >= 15 is 0 Å². The van der Waals surface area contributed by atoms with Crippen LogP contribution in [0.5, 0.6) is 0 Å². The van der Waals surface area contributed by atoms with Gasteiger partial charge in [0.05, 0.1) is 12.2 Å². The van der Waals surface area contributed by atoms with Crippen molar-refractivity contribution in [1.82, 2.24) is 0 Å². The van der Waals surface area contributed by atoms with Gasteiger partial charge in [-0.15, -0.1) is 0 Å². The zero-order valence-corrected chi connectivity index (χ0v) is 7.58. The van der Waals surface area contributed by atoms with E-state index < -0.39 is 5.97 Å². The summed E-state index contributed by atoms with van der Waals surface area (Å²) in [4.78, 5) is 19.9. The Morgan fingerprint density at radius 1 is 1.71 bits per heavy atom. The first kappa shape index (κ1) is 11.9. The summed E-state index contributed by atoms with van der Waals surface area (Å²) in [5.74, 6) is -1.12. The van der Waals surface area contributed by atoms with E-state index in [1.807, 2.05) is 0 Å². The van der Waals surface area contributed by atoms with Gasteiger partial charge in [0.25, 0.3) is 0 Å². The number of carboxylic acids is 1. The molecule has 14 heavy (non-hydrogen) atoms. The molecule has 7 heteroatoms. The lowest BCUT2D eigenvalue weighted by Crippen LogP contribution is -2.07. The van der Waals surface area contributed by atoms with Crippen LogP contribution < -0.4 is 0 Å². The van der Waals surface area contributed by atoms with E-state index in [-0.39, 0.29) is 12.3 Å². The highest BCUT2D eigenvalue weighted by atomic mass is 16.4. The summed E-state index contributed by atoms with van der Waals surface area (Å²) >= 11 is 0. The van der Waals surface area contributed by atoms with Crippen molar-refractivity contribution in [3.05, 3.63) is 22.3 Å². The lowest BCUT2D eigenvalue weighted by atomic mass is 10.4. The number of nitrogens with zero attached hydrogens (tertiary/aromatic N) is 5. The first-order valence-corrected chi connectivity index (χ1v) is 3.56. The lowest BCUT2D eigenvalue weighted by Gasteiger charge is -1.92. The Balaban J connectivity index is 4.60. The molecule has 0 aromatic rings. The van der Waals surface area contributed by atoms with Gasteiger partial charge in [0.2, 0.25) is 0 Å². The van der Waals surface area contributed by atoms with Crippen LogP contribution in [0.3, 0.4) is 0 Å². The number of carbonyl (C=O) groups is 1. The molecule has 0 rings (SSSR count). The molecular formula is C7H9N5O2. The largest absolute Gasteiger partial charge is 0.477 e. The summed E-state index contributed by atoms with van der Waals surface area (Å²) in [6.07, 6.45) is 1.20. The van der Waals surface area contributed by atoms with Gasteiger partial charge in [-0.2, -0.15) is 0 Å². The highest BCUT2D eigenvalue weighted by Gasteiger charge is 1.99. The van der Waals surface area contributed by atoms with Gasteiger partial charge < -0.3 is 5.11 Å². The first-order chi connectivity index (χ1) is 6.61. The summed E-state index contributed by atoms with van der Waals surface area (Å²) < 4.78 is 0. The van der Waals surface area contributed by atoms with Crippen molar-refractivity contribution in [3.63, 3.8) is 0 Å². The molecule has 0 heterocycles. The number of aliphatic carboxylic acids is 1. The highest BCUT2D eigenvalue weighted by Crippen LogP contribution is 1.97. The third-order valence-electron chi connectivity index (χ3n) is 1.22. The monoisotopic (exact) mass is 195 g/mol. The van der Waals surface area contributed by atoms with Crippen molar-refractivity contribution >= 4 is 18.4 Å². The van der Waals surface area contributed by atoms with Gasteiger partial charge in [-0.3, -0.25) is 9.98 Å². The zero-order chi connectivity index (χ0) is 11.0. The number of hydrogen-bond acceptors (Lipinski definition) is 4. The second kappa shape index (κ2) is 6.38. The molecule has 0 saturated carbocycles. The number of aliphatic imine (C=N–C) groups is 2. The molecule has 0 bridgehead atoms. The zero-order valence-electron chi connectivity index (χ0n) is 7.58. The Labute approximate surface area is 80.1 Å². The molecule has 0 aromatic heterocycles. The topological polar surface area (TPSA) is 111 Å². The number of hydrogen-bond donors (Lipinski definition) is 1. The van der Waals surface area contributed by atoms with E-state index in [1.165, 1.54) is 13.1 Å². The van der Waals surface area contributed by atoms with Crippen LogP contribution in [0.15, 0.2) is 27.0 Å². The Morgan fingerprint density at radius 3 is 2.79 bits per heavy atom. The van der Waals surface area contributed by atoms with Crippen LogP contribution in [0.25, 0.3) is 10.4 Å². The molecule has 0 aliphatic rings. The molecule has 0 unspecified atom stereocenters. The molecule has 0 fully saturated rings. The van der Waals surface area contributed by atoms with Crippen LogP contribution in [0.2, 0.25) is 0 Å². The maximum atomic E-state index is 10.3. The molecule has 0 aromatic carbocycles. The predicted octanol–water partition coefficient (Wildman–Crippen LogP) is 1.38. The number of azide groups is 1. The second-order valence-corrected chi connectivity index (χ2v) is 2.19. The van der Waals surface area contributed by atoms with Crippen LogP contribution in [0.1, 0.15) is 6.92 Å². The quantitative estimate of drug-likeness (QED) is 0.309. The Morgan fingerprint density at radius 2 is 2.36 bits per heavy atom. The van der Waals surface area contributed by atoms with Crippen LogP contribution in [0.4, 0.5) is 0 Å². The Hall–Kier alpha value is -2.14. The van der Waals surface area contributed by atoms with E-state index in [4.69, 9.17) is 10.6 Å². The number of rotatable bonds is 5. The molecule has 74 valence electrons. The van der Waals surface area contributed by atoms with Crippen molar-refractivity contribution in [2.45, 2.75) is 6.92 Å². The molecule has 0 radical (unpaired) electrons. The van der Waals surface area contributed by atoms with Crippen molar-refractivity contribution in [1.29, 1.82) is 0 Å². The maximum Gasteiger partial charge on any atom is 0.349 e. The third kappa shape index (κ3) is 4.68. The van der Waals surface area contributed by atoms with Gasteiger partial charge in [0.15, 0.2) is 0 Å². The van der Waals surface area contributed by atoms with E-state index in [0.717, 1.165) is 0 Å². The molecular weight excluding hydrogens is 186 g/mol. The normalized spacial score (nSPS) is 11.8. The summed E-state index contributed by atoms with van der Waals surface area (Å²) in [6.45, 7) is 4.56.